The molecule has 1 aliphatic carbocycles. The number of benzene rings is 1. The Morgan fingerprint density at radius 1 is 1.41 bits per heavy atom. The maximum atomic E-state index is 9.70. The Morgan fingerprint density at radius 2 is 2.06 bits per heavy atom. The molecule has 0 unspecified atom stereocenters. The van der Waals surface area contributed by atoms with E-state index in [9.17, 15) is 5.21 Å². The van der Waals surface area contributed by atoms with Gasteiger partial charge in [0.15, 0.2) is 0 Å². The second kappa shape index (κ2) is 4.60. The van der Waals surface area contributed by atoms with E-state index in [-0.39, 0.29) is 5.41 Å². The van der Waals surface area contributed by atoms with E-state index in [1.54, 1.807) is 6.20 Å². The molecular weight excluding hydrogens is 212 g/mol. The first-order chi connectivity index (χ1) is 8.22. The first-order valence-electron chi connectivity index (χ1n) is 5.88. The molecule has 1 aromatic carbocycles. The van der Waals surface area contributed by atoms with Crippen LogP contribution in [0.5, 0.6) is 0 Å². The normalized spacial score (nSPS) is 16.8. The van der Waals surface area contributed by atoms with E-state index >= 15 is 0 Å². The van der Waals surface area contributed by atoms with Gasteiger partial charge in [-0.05, 0) is 37.0 Å². The number of anilines is 1. The summed E-state index contributed by atoms with van der Waals surface area (Å²) in [6.07, 6.45) is 6.29. The number of hydrogen-bond donors (Lipinski definition) is 1. The van der Waals surface area contributed by atoms with Gasteiger partial charge in [0, 0.05) is 6.20 Å². The highest BCUT2D eigenvalue weighted by molar-refractivity contribution is 5.50. The Kier molecular flexibility index (Phi) is 3.16. The minimum atomic E-state index is -0.252. The Morgan fingerprint density at radius 3 is 2.53 bits per heavy atom. The van der Waals surface area contributed by atoms with Crippen LogP contribution in [0.1, 0.15) is 31.7 Å². The summed E-state index contributed by atoms with van der Waals surface area (Å²) < 4.78 is 0. The predicted molar refractivity (Wildman–Crippen MR) is 66.7 cm³/mol. The fourth-order valence-corrected chi connectivity index (χ4v) is 1.81. The van der Waals surface area contributed by atoms with Gasteiger partial charge in [-0.15, -0.1) is 0 Å². The highest BCUT2D eigenvalue weighted by atomic mass is 16.5. The average Bonchev–Trinajstić information content (AvgIpc) is 3.17. The molecule has 2 rings (SSSR count). The maximum Gasteiger partial charge on any atom is 0.0823 e. The van der Waals surface area contributed by atoms with Crippen molar-refractivity contribution in [3.8, 4) is 6.07 Å². The van der Waals surface area contributed by atoms with Crippen molar-refractivity contribution in [2.75, 3.05) is 5.06 Å². The van der Waals surface area contributed by atoms with Gasteiger partial charge in [0.1, 0.15) is 0 Å². The van der Waals surface area contributed by atoms with Crippen molar-refractivity contribution in [2.24, 2.45) is 0 Å². The third kappa shape index (κ3) is 2.32. The number of nitriles is 1. The van der Waals surface area contributed by atoms with Crippen LogP contribution in [-0.4, -0.2) is 5.21 Å². The Balaban J connectivity index is 2.14. The van der Waals surface area contributed by atoms with Crippen LogP contribution < -0.4 is 5.06 Å². The second-order valence-electron chi connectivity index (χ2n) is 4.38. The number of nitrogens with zero attached hydrogens (tertiary/aromatic N) is 2. The van der Waals surface area contributed by atoms with Crippen molar-refractivity contribution in [2.45, 2.75) is 31.6 Å². The van der Waals surface area contributed by atoms with Gasteiger partial charge in [0.05, 0.1) is 17.2 Å². The summed E-state index contributed by atoms with van der Waals surface area (Å²) in [6, 6.07) is 9.89. The lowest BCUT2D eigenvalue weighted by Gasteiger charge is -2.13. The molecule has 0 heterocycles. The van der Waals surface area contributed by atoms with E-state index in [2.05, 4.69) is 6.07 Å². The molecule has 0 aliphatic heterocycles. The van der Waals surface area contributed by atoms with Gasteiger partial charge in [0.2, 0.25) is 0 Å². The van der Waals surface area contributed by atoms with E-state index < -0.39 is 0 Å². The highest BCUT2D eigenvalue weighted by Gasteiger charge is 2.44. The summed E-state index contributed by atoms with van der Waals surface area (Å²) >= 11 is 0. The zero-order valence-electron chi connectivity index (χ0n) is 9.93. The Hall–Kier alpha value is -1.79. The fraction of sp³-hybridized carbons (Fsp3) is 0.357. The lowest BCUT2D eigenvalue weighted by atomic mass is 9.98. The monoisotopic (exact) mass is 228 g/mol. The summed E-state index contributed by atoms with van der Waals surface area (Å²) in [4.78, 5) is 0. The van der Waals surface area contributed by atoms with Gasteiger partial charge in [-0.3, -0.25) is 5.21 Å². The van der Waals surface area contributed by atoms with Gasteiger partial charge < -0.3 is 0 Å². The largest absolute Gasteiger partial charge is 0.284 e. The molecule has 1 fully saturated rings. The molecule has 0 amide bonds. The van der Waals surface area contributed by atoms with Crippen LogP contribution in [0.3, 0.4) is 0 Å². The van der Waals surface area contributed by atoms with Crippen LogP contribution in [0.2, 0.25) is 0 Å². The zero-order chi connectivity index (χ0) is 12.3. The van der Waals surface area contributed by atoms with Crippen molar-refractivity contribution in [3.63, 3.8) is 0 Å². The molecular formula is C14H16N2O. The topological polar surface area (TPSA) is 47.3 Å². The highest BCUT2D eigenvalue weighted by Crippen LogP contribution is 2.47. The maximum absolute atomic E-state index is 9.70. The molecule has 0 aromatic heterocycles. The third-order valence-electron chi connectivity index (χ3n) is 3.13. The summed E-state index contributed by atoms with van der Waals surface area (Å²) in [7, 11) is 0. The van der Waals surface area contributed by atoms with E-state index in [0.717, 1.165) is 29.9 Å². The van der Waals surface area contributed by atoms with Crippen LogP contribution in [0.4, 0.5) is 5.69 Å². The zero-order valence-corrected chi connectivity index (χ0v) is 9.93. The van der Waals surface area contributed by atoms with E-state index in [4.69, 9.17) is 5.26 Å². The first kappa shape index (κ1) is 11.7. The van der Waals surface area contributed by atoms with Gasteiger partial charge >= 0.3 is 0 Å². The molecule has 1 N–H and O–H groups in total. The number of rotatable bonds is 4. The van der Waals surface area contributed by atoms with Crippen molar-refractivity contribution >= 4 is 5.69 Å². The van der Waals surface area contributed by atoms with Gasteiger partial charge in [0.25, 0.3) is 0 Å². The molecule has 3 heteroatoms. The SMILES string of the molecule is CC/C=C/N(O)c1ccc(C2(C#N)CC2)cc1. The van der Waals surface area contributed by atoms with Crippen LogP contribution in [-0.2, 0) is 5.41 Å². The minimum absolute atomic E-state index is 0.252. The van der Waals surface area contributed by atoms with Crippen LogP contribution in [0.25, 0.3) is 0 Å². The van der Waals surface area contributed by atoms with Crippen molar-refractivity contribution < 1.29 is 5.21 Å². The standard InChI is InChI=1S/C14H16N2O/c1-2-3-10-16(17)13-6-4-12(5-7-13)14(11-15)8-9-14/h3-7,10,17H,2,8-9H2,1H3/b10-3+. The summed E-state index contributed by atoms with van der Waals surface area (Å²) in [6.45, 7) is 2.01. The first-order valence-corrected chi connectivity index (χ1v) is 5.88. The fourth-order valence-electron chi connectivity index (χ4n) is 1.81. The molecule has 0 radical (unpaired) electrons. The predicted octanol–water partition coefficient (Wildman–Crippen LogP) is 3.36. The average molecular weight is 228 g/mol. The molecule has 1 saturated carbocycles. The number of hydroxylamine groups is 1. The molecule has 1 aliphatic rings. The van der Waals surface area contributed by atoms with Crippen molar-refractivity contribution in [3.05, 3.63) is 42.1 Å². The molecule has 1 aromatic rings. The molecule has 0 spiro atoms. The van der Waals surface area contributed by atoms with Crippen LogP contribution in [0.15, 0.2) is 36.5 Å². The quantitative estimate of drug-likeness (QED) is 0.804. The Labute approximate surface area is 102 Å². The summed E-state index contributed by atoms with van der Waals surface area (Å²) in [5, 5.41) is 19.9. The van der Waals surface area contributed by atoms with E-state index in [0.29, 0.717) is 5.69 Å². The van der Waals surface area contributed by atoms with Crippen molar-refractivity contribution in [1.29, 1.82) is 5.26 Å². The lowest BCUT2D eigenvalue weighted by molar-refractivity contribution is 0.295. The molecule has 3 nitrogen and oxygen atoms in total. The van der Waals surface area contributed by atoms with Gasteiger partial charge in [-0.2, -0.15) is 5.26 Å². The van der Waals surface area contributed by atoms with Crippen LogP contribution >= 0.6 is 0 Å². The lowest BCUT2D eigenvalue weighted by Crippen LogP contribution is -2.09. The van der Waals surface area contributed by atoms with Gasteiger partial charge in [-0.25, -0.2) is 5.06 Å². The molecule has 0 saturated heterocycles. The smallest absolute Gasteiger partial charge is 0.0823 e. The minimum Gasteiger partial charge on any atom is -0.284 e. The van der Waals surface area contributed by atoms with Gasteiger partial charge in [-0.1, -0.05) is 25.1 Å². The van der Waals surface area contributed by atoms with Crippen molar-refractivity contribution in [1.82, 2.24) is 0 Å². The molecule has 0 bridgehead atoms. The molecule has 17 heavy (non-hydrogen) atoms. The molecule has 88 valence electrons. The Bertz CT molecular complexity index is 452. The summed E-state index contributed by atoms with van der Waals surface area (Å²) in [5.41, 5.74) is 1.52. The number of allylic oxidation sites excluding steroid dienone is 1. The summed E-state index contributed by atoms with van der Waals surface area (Å²) in [5.74, 6) is 0. The molecule has 0 atom stereocenters. The van der Waals surface area contributed by atoms with E-state index in [1.165, 1.54) is 0 Å². The third-order valence-corrected chi connectivity index (χ3v) is 3.13. The second-order valence-corrected chi connectivity index (χ2v) is 4.38. The van der Waals surface area contributed by atoms with E-state index in [1.807, 2.05) is 37.3 Å². The number of hydrogen-bond acceptors (Lipinski definition) is 3. The van der Waals surface area contributed by atoms with Crippen LogP contribution in [0, 0.1) is 11.3 Å².